The van der Waals surface area contributed by atoms with E-state index < -0.39 is 6.10 Å². The van der Waals surface area contributed by atoms with Crippen molar-refractivity contribution in [3.05, 3.63) is 58.8 Å². The third kappa shape index (κ3) is 4.67. The number of nitrogens with zero attached hydrogens (tertiary/aromatic N) is 1. The largest absolute Gasteiger partial charge is 0.482 e. The number of pyridine rings is 1. The Morgan fingerprint density at radius 3 is 2.67 bits per heavy atom. The molecule has 0 saturated heterocycles. The number of carbonyl (C=O) groups is 1. The number of rotatable bonds is 7. The topological polar surface area (TPSA) is 39.2 Å². The van der Waals surface area contributed by atoms with Crippen LogP contribution >= 0.6 is 15.9 Å². The minimum atomic E-state index is -0.463. The predicted octanol–water partition coefficient (Wildman–Crippen LogP) is 4.66. The van der Waals surface area contributed by atoms with Gasteiger partial charge in [0.2, 0.25) is 5.78 Å². The molecule has 110 valence electrons. The molecule has 1 aromatic carbocycles. The van der Waals surface area contributed by atoms with Crippen LogP contribution in [0.25, 0.3) is 0 Å². The SMILES string of the molecule is CCCCC(Oc1ccc(Br)cc1)C(=O)c1cccnc1. The Morgan fingerprint density at radius 1 is 1.29 bits per heavy atom. The summed E-state index contributed by atoms with van der Waals surface area (Å²) < 4.78 is 6.87. The van der Waals surface area contributed by atoms with Gasteiger partial charge in [-0.25, -0.2) is 0 Å². The minimum absolute atomic E-state index is 0.0144. The summed E-state index contributed by atoms with van der Waals surface area (Å²) in [7, 11) is 0. The van der Waals surface area contributed by atoms with Crippen LogP contribution < -0.4 is 4.74 Å². The monoisotopic (exact) mass is 347 g/mol. The summed E-state index contributed by atoms with van der Waals surface area (Å²) in [4.78, 5) is 16.6. The smallest absolute Gasteiger partial charge is 0.204 e. The molecule has 4 heteroatoms. The lowest BCUT2D eigenvalue weighted by atomic mass is 10.0. The van der Waals surface area contributed by atoms with Crippen molar-refractivity contribution in [2.45, 2.75) is 32.3 Å². The van der Waals surface area contributed by atoms with Crippen LogP contribution in [0.1, 0.15) is 36.5 Å². The first-order valence-electron chi connectivity index (χ1n) is 7.07. The van der Waals surface area contributed by atoms with Crippen LogP contribution in [0.4, 0.5) is 0 Å². The normalized spacial score (nSPS) is 11.9. The number of hydrogen-bond acceptors (Lipinski definition) is 3. The Kier molecular flexibility index (Phi) is 5.93. The Bertz CT molecular complexity index is 569. The van der Waals surface area contributed by atoms with Crippen molar-refractivity contribution in [2.75, 3.05) is 0 Å². The van der Waals surface area contributed by atoms with E-state index in [1.54, 1.807) is 24.5 Å². The third-order valence-electron chi connectivity index (χ3n) is 3.15. The second-order valence-electron chi connectivity index (χ2n) is 4.81. The van der Waals surface area contributed by atoms with Crippen molar-refractivity contribution >= 4 is 21.7 Å². The Hall–Kier alpha value is -1.68. The van der Waals surface area contributed by atoms with Crippen molar-refractivity contribution in [3.63, 3.8) is 0 Å². The number of ketones is 1. The molecular formula is C17H18BrNO2. The van der Waals surface area contributed by atoms with Gasteiger partial charge in [-0.05, 0) is 49.2 Å². The summed E-state index contributed by atoms with van der Waals surface area (Å²) in [6.07, 6.45) is 5.48. The second kappa shape index (κ2) is 7.93. The van der Waals surface area contributed by atoms with E-state index in [9.17, 15) is 4.79 Å². The molecule has 0 bridgehead atoms. The molecule has 1 atom stereocenters. The third-order valence-corrected chi connectivity index (χ3v) is 3.68. The average molecular weight is 348 g/mol. The number of hydrogen-bond donors (Lipinski definition) is 0. The van der Waals surface area contributed by atoms with E-state index in [-0.39, 0.29) is 5.78 Å². The molecule has 0 amide bonds. The van der Waals surface area contributed by atoms with Crippen LogP contribution in [0, 0.1) is 0 Å². The van der Waals surface area contributed by atoms with Gasteiger partial charge < -0.3 is 4.74 Å². The van der Waals surface area contributed by atoms with E-state index in [4.69, 9.17) is 4.74 Å². The summed E-state index contributed by atoms with van der Waals surface area (Å²) in [6, 6.07) is 11.1. The van der Waals surface area contributed by atoms with E-state index in [1.807, 2.05) is 24.3 Å². The fraction of sp³-hybridized carbons (Fsp3) is 0.294. The highest BCUT2D eigenvalue weighted by Gasteiger charge is 2.21. The molecule has 3 nitrogen and oxygen atoms in total. The van der Waals surface area contributed by atoms with Crippen molar-refractivity contribution in [1.29, 1.82) is 0 Å². The van der Waals surface area contributed by atoms with Gasteiger partial charge in [-0.3, -0.25) is 9.78 Å². The van der Waals surface area contributed by atoms with Crippen LogP contribution in [0.3, 0.4) is 0 Å². The molecule has 2 rings (SSSR count). The molecule has 0 fully saturated rings. The second-order valence-corrected chi connectivity index (χ2v) is 5.72. The molecule has 0 aliphatic carbocycles. The number of benzene rings is 1. The minimum Gasteiger partial charge on any atom is -0.482 e. The first-order chi connectivity index (χ1) is 10.2. The van der Waals surface area contributed by atoms with E-state index in [0.29, 0.717) is 17.7 Å². The maximum Gasteiger partial charge on any atom is 0.204 e. The molecule has 0 spiro atoms. The molecule has 21 heavy (non-hydrogen) atoms. The van der Waals surface area contributed by atoms with E-state index in [1.165, 1.54) is 0 Å². The van der Waals surface area contributed by atoms with Gasteiger partial charge in [-0.15, -0.1) is 0 Å². The molecule has 0 saturated carbocycles. The lowest BCUT2D eigenvalue weighted by Crippen LogP contribution is -2.27. The van der Waals surface area contributed by atoms with Crippen molar-refractivity contribution in [1.82, 2.24) is 4.98 Å². The fourth-order valence-electron chi connectivity index (χ4n) is 2.00. The summed E-state index contributed by atoms with van der Waals surface area (Å²) in [5.41, 5.74) is 0.593. The predicted molar refractivity (Wildman–Crippen MR) is 86.7 cm³/mol. The van der Waals surface area contributed by atoms with Gasteiger partial charge in [0.25, 0.3) is 0 Å². The Balaban J connectivity index is 2.14. The Morgan fingerprint density at radius 2 is 2.05 bits per heavy atom. The maximum atomic E-state index is 12.5. The van der Waals surface area contributed by atoms with Gasteiger partial charge in [0, 0.05) is 22.4 Å². The summed E-state index contributed by atoms with van der Waals surface area (Å²) in [5.74, 6) is 0.691. The van der Waals surface area contributed by atoms with Crippen LogP contribution in [-0.4, -0.2) is 16.9 Å². The number of aromatic nitrogens is 1. The fourth-order valence-corrected chi connectivity index (χ4v) is 2.27. The first kappa shape index (κ1) is 15.7. The zero-order valence-corrected chi connectivity index (χ0v) is 13.5. The van der Waals surface area contributed by atoms with E-state index >= 15 is 0 Å². The molecule has 2 aromatic rings. The van der Waals surface area contributed by atoms with Crippen molar-refractivity contribution < 1.29 is 9.53 Å². The Labute approximate surface area is 133 Å². The number of halogens is 1. The quantitative estimate of drug-likeness (QED) is 0.683. The van der Waals surface area contributed by atoms with Gasteiger partial charge in [0.1, 0.15) is 5.75 Å². The van der Waals surface area contributed by atoms with Gasteiger partial charge in [-0.1, -0.05) is 29.3 Å². The zero-order valence-electron chi connectivity index (χ0n) is 12.0. The lowest BCUT2D eigenvalue weighted by Gasteiger charge is -2.18. The number of ether oxygens (including phenoxy) is 1. The van der Waals surface area contributed by atoms with E-state index in [2.05, 4.69) is 27.8 Å². The van der Waals surface area contributed by atoms with Crippen LogP contribution in [-0.2, 0) is 0 Å². The summed E-state index contributed by atoms with van der Waals surface area (Å²) >= 11 is 3.39. The van der Waals surface area contributed by atoms with Gasteiger partial charge in [0.05, 0.1) is 0 Å². The summed E-state index contributed by atoms with van der Waals surface area (Å²) in [5, 5.41) is 0. The van der Waals surface area contributed by atoms with Crippen LogP contribution in [0.5, 0.6) is 5.75 Å². The highest BCUT2D eigenvalue weighted by Crippen LogP contribution is 2.20. The van der Waals surface area contributed by atoms with Crippen molar-refractivity contribution in [2.24, 2.45) is 0 Å². The standard InChI is InChI=1S/C17H18BrNO2/c1-2-3-6-16(17(20)13-5-4-11-19-12-13)21-15-9-7-14(18)8-10-15/h4-5,7-12,16H,2-3,6H2,1H3. The summed E-state index contributed by atoms with van der Waals surface area (Å²) in [6.45, 7) is 2.10. The number of carbonyl (C=O) groups excluding carboxylic acids is 1. The first-order valence-corrected chi connectivity index (χ1v) is 7.86. The molecular weight excluding hydrogens is 330 g/mol. The molecule has 0 aliphatic rings. The van der Waals surface area contributed by atoms with Crippen LogP contribution in [0.15, 0.2) is 53.3 Å². The van der Waals surface area contributed by atoms with Gasteiger partial charge >= 0.3 is 0 Å². The van der Waals surface area contributed by atoms with Crippen molar-refractivity contribution in [3.8, 4) is 5.75 Å². The average Bonchev–Trinajstić information content (AvgIpc) is 2.53. The molecule has 1 unspecified atom stereocenters. The molecule has 0 N–H and O–H groups in total. The van der Waals surface area contributed by atoms with Crippen LogP contribution in [0.2, 0.25) is 0 Å². The highest BCUT2D eigenvalue weighted by atomic mass is 79.9. The van der Waals surface area contributed by atoms with Gasteiger partial charge in [-0.2, -0.15) is 0 Å². The zero-order chi connectivity index (χ0) is 15.1. The molecule has 0 radical (unpaired) electrons. The molecule has 1 heterocycles. The van der Waals surface area contributed by atoms with Gasteiger partial charge in [0.15, 0.2) is 6.10 Å². The number of Topliss-reactive ketones (excluding diaryl/α,β-unsaturated/α-hetero) is 1. The number of unbranched alkanes of at least 4 members (excludes halogenated alkanes) is 1. The molecule has 0 aliphatic heterocycles. The highest BCUT2D eigenvalue weighted by molar-refractivity contribution is 9.10. The molecule has 1 aromatic heterocycles. The lowest BCUT2D eigenvalue weighted by molar-refractivity contribution is 0.0774. The van der Waals surface area contributed by atoms with E-state index in [0.717, 1.165) is 17.3 Å². The maximum absolute atomic E-state index is 12.5.